The number of rotatable bonds is 2. The molecule has 88 valence electrons. The highest BCUT2D eigenvalue weighted by Gasteiger charge is 2.21. The molecule has 6 heteroatoms. The summed E-state index contributed by atoms with van der Waals surface area (Å²) in [5.74, 6) is 0.257. The molecule has 0 aliphatic heterocycles. The maximum atomic E-state index is 11.1. The zero-order chi connectivity index (χ0) is 12.5. The van der Waals surface area contributed by atoms with Crippen LogP contribution in [0.25, 0.3) is 16.9 Å². The minimum absolute atomic E-state index is 0.0394. The number of nitrogens with zero attached hydrogens (tertiary/aromatic N) is 4. The highest BCUT2D eigenvalue weighted by molar-refractivity contribution is 5.84. The van der Waals surface area contributed by atoms with E-state index in [9.17, 15) is 10.1 Å². The van der Waals surface area contributed by atoms with Crippen molar-refractivity contribution in [3.8, 4) is 5.95 Å². The second-order valence-electron chi connectivity index (χ2n) is 3.70. The average Bonchev–Trinajstić information content (AvgIpc) is 2.79. The first-order valence-corrected chi connectivity index (χ1v) is 5.29. The third-order valence-corrected chi connectivity index (χ3v) is 2.63. The van der Waals surface area contributed by atoms with Crippen molar-refractivity contribution in [3.05, 3.63) is 58.9 Å². The van der Waals surface area contributed by atoms with Crippen LogP contribution < -0.4 is 0 Å². The summed E-state index contributed by atoms with van der Waals surface area (Å²) in [6.45, 7) is 0. The summed E-state index contributed by atoms with van der Waals surface area (Å²) in [6.07, 6.45) is 3.11. The Bertz CT molecular complexity index is 721. The maximum Gasteiger partial charge on any atom is 0.331 e. The van der Waals surface area contributed by atoms with E-state index >= 15 is 0 Å². The summed E-state index contributed by atoms with van der Waals surface area (Å²) < 4.78 is 1.44. The van der Waals surface area contributed by atoms with Crippen molar-refractivity contribution >= 4 is 16.7 Å². The summed E-state index contributed by atoms with van der Waals surface area (Å²) in [5, 5.41) is 11.9. The molecular weight excluding hydrogens is 232 g/mol. The van der Waals surface area contributed by atoms with Crippen molar-refractivity contribution in [3.63, 3.8) is 0 Å². The zero-order valence-corrected chi connectivity index (χ0v) is 9.22. The molecule has 0 amide bonds. The first-order valence-electron chi connectivity index (χ1n) is 5.29. The molecule has 0 bridgehead atoms. The molecule has 2 aromatic heterocycles. The minimum Gasteiger partial charge on any atom is -0.358 e. The lowest BCUT2D eigenvalue weighted by molar-refractivity contribution is -0.390. The van der Waals surface area contributed by atoms with Crippen LogP contribution in [0.2, 0.25) is 0 Å². The molecule has 0 aliphatic carbocycles. The van der Waals surface area contributed by atoms with E-state index in [1.807, 2.05) is 18.2 Å². The molecule has 0 N–H and O–H groups in total. The lowest BCUT2D eigenvalue weighted by atomic mass is 10.2. The Hall–Kier alpha value is -2.76. The number of aromatic nitrogens is 3. The number of hydrogen-bond acceptors (Lipinski definition) is 4. The smallest absolute Gasteiger partial charge is 0.331 e. The van der Waals surface area contributed by atoms with Gasteiger partial charge in [-0.2, -0.15) is 14.5 Å². The fourth-order valence-electron chi connectivity index (χ4n) is 1.89. The van der Waals surface area contributed by atoms with E-state index in [-0.39, 0.29) is 5.82 Å². The predicted octanol–water partition coefficient (Wildman–Crippen LogP) is 2.33. The molecule has 3 aromatic rings. The number of fused-ring (bicyclic) bond motifs is 1. The average molecular weight is 240 g/mol. The molecule has 0 atom stereocenters. The van der Waals surface area contributed by atoms with Gasteiger partial charge in [0.15, 0.2) is 0 Å². The maximum absolute atomic E-state index is 11.1. The Morgan fingerprint density at radius 2 is 1.83 bits per heavy atom. The molecule has 6 nitrogen and oxygen atoms in total. The summed E-state index contributed by atoms with van der Waals surface area (Å²) in [4.78, 5) is 18.8. The van der Waals surface area contributed by atoms with Crippen molar-refractivity contribution in [1.82, 2.24) is 14.5 Å². The molecular formula is C12H8N4O2. The molecule has 1 aromatic carbocycles. The van der Waals surface area contributed by atoms with Crippen LogP contribution in [0.15, 0.2) is 48.8 Å². The van der Waals surface area contributed by atoms with Gasteiger partial charge in [0, 0.05) is 23.8 Å². The molecule has 0 radical (unpaired) electrons. The number of benzene rings is 1. The van der Waals surface area contributed by atoms with Crippen LogP contribution in [-0.2, 0) is 0 Å². The fraction of sp³-hybridized carbons (Fsp3) is 0. The Morgan fingerprint density at radius 3 is 2.56 bits per heavy atom. The van der Waals surface area contributed by atoms with Gasteiger partial charge < -0.3 is 10.1 Å². The van der Waals surface area contributed by atoms with Gasteiger partial charge in [-0.15, -0.1) is 0 Å². The third-order valence-electron chi connectivity index (χ3n) is 2.63. The lowest BCUT2D eigenvalue weighted by Gasteiger charge is -1.99. The highest BCUT2D eigenvalue weighted by atomic mass is 16.6. The molecule has 0 fully saturated rings. The van der Waals surface area contributed by atoms with E-state index in [1.165, 1.54) is 10.6 Å². The van der Waals surface area contributed by atoms with Crippen LogP contribution in [0.4, 0.5) is 5.82 Å². The second kappa shape index (κ2) is 3.92. The summed E-state index contributed by atoms with van der Waals surface area (Å²) >= 11 is 0. The first kappa shape index (κ1) is 10.4. The van der Waals surface area contributed by atoms with Crippen LogP contribution in [0.1, 0.15) is 0 Å². The fourth-order valence-corrected chi connectivity index (χ4v) is 1.89. The van der Waals surface area contributed by atoms with Crippen LogP contribution >= 0.6 is 0 Å². The van der Waals surface area contributed by atoms with Gasteiger partial charge in [0.05, 0.1) is 0 Å². The van der Waals surface area contributed by atoms with Crippen molar-refractivity contribution in [1.29, 1.82) is 0 Å². The highest BCUT2D eigenvalue weighted by Crippen LogP contribution is 2.27. The van der Waals surface area contributed by atoms with Crippen molar-refractivity contribution < 1.29 is 4.92 Å². The SMILES string of the molecule is O=[N+]([O-])c1cc2ccccc2n1-c1ncccn1. The van der Waals surface area contributed by atoms with Crippen LogP contribution in [0.5, 0.6) is 0 Å². The third kappa shape index (κ3) is 1.51. The van der Waals surface area contributed by atoms with Crippen LogP contribution in [0.3, 0.4) is 0 Å². The summed E-state index contributed by atoms with van der Waals surface area (Å²) in [6, 6.07) is 10.5. The van der Waals surface area contributed by atoms with E-state index in [0.29, 0.717) is 5.95 Å². The van der Waals surface area contributed by atoms with E-state index < -0.39 is 4.92 Å². The number of para-hydroxylation sites is 1. The first-order chi connectivity index (χ1) is 8.77. The molecule has 2 heterocycles. The van der Waals surface area contributed by atoms with Gasteiger partial charge >= 0.3 is 11.8 Å². The van der Waals surface area contributed by atoms with E-state index in [4.69, 9.17) is 0 Å². The predicted molar refractivity (Wildman–Crippen MR) is 65.5 cm³/mol. The Morgan fingerprint density at radius 1 is 1.11 bits per heavy atom. The Balaban J connectivity index is 2.38. The topological polar surface area (TPSA) is 73.8 Å². The van der Waals surface area contributed by atoms with Gasteiger partial charge in [0.2, 0.25) is 0 Å². The minimum atomic E-state index is -0.434. The number of hydrogen-bond donors (Lipinski definition) is 0. The largest absolute Gasteiger partial charge is 0.358 e. The zero-order valence-electron chi connectivity index (χ0n) is 9.22. The standard InChI is InChI=1S/C12H8N4O2/c17-16(18)11-8-9-4-1-2-5-10(9)15(11)12-13-6-3-7-14-12/h1-8H. The lowest BCUT2D eigenvalue weighted by Crippen LogP contribution is -2.03. The van der Waals surface area contributed by atoms with Crippen molar-refractivity contribution in [2.24, 2.45) is 0 Å². The van der Waals surface area contributed by atoms with E-state index in [2.05, 4.69) is 9.97 Å². The van der Waals surface area contributed by atoms with E-state index in [1.54, 1.807) is 24.5 Å². The van der Waals surface area contributed by atoms with Crippen LogP contribution in [0, 0.1) is 10.1 Å². The molecule has 0 aliphatic rings. The van der Waals surface area contributed by atoms with Crippen molar-refractivity contribution in [2.45, 2.75) is 0 Å². The second-order valence-corrected chi connectivity index (χ2v) is 3.70. The summed E-state index contributed by atoms with van der Waals surface area (Å²) in [7, 11) is 0. The Labute approximate surface area is 102 Å². The molecule has 0 spiro atoms. The van der Waals surface area contributed by atoms with Gasteiger partial charge in [-0.3, -0.25) is 0 Å². The summed E-state index contributed by atoms with van der Waals surface area (Å²) in [5.41, 5.74) is 0.718. The monoisotopic (exact) mass is 240 g/mol. The number of nitro groups is 1. The van der Waals surface area contributed by atoms with Crippen molar-refractivity contribution in [2.75, 3.05) is 0 Å². The molecule has 3 rings (SSSR count). The van der Waals surface area contributed by atoms with Gasteiger partial charge in [-0.05, 0) is 17.1 Å². The van der Waals surface area contributed by atoms with E-state index in [0.717, 1.165) is 10.9 Å². The van der Waals surface area contributed by atoms with Gasteiger partial charge in [-0.25, -0.2) is 0 Å². The van der Waals surface area contributed by atoms with Crippen LogP contribution in [-0.4, -0.2) is 19.5 Å². The Kier molecular flexibility index (Phi) is 2.26. The molecule has 18 heavy (non-hydrogen) atoms. The van der Waals surface area contributed by atoms with Gasteiger partial charge in [0.1, 0.15) is 5.52 Å². The molecule has 0 unspecified atom stereocenters. The molecule has 0 saturated heterocycles. The van der Waals surface area contributed by atoms with Gasteiger partial charge in [-0.1, -0.05) is 18.2 Å². The normalized spacial score (nSPS) is 10.7. The van der Waals surface area contributed by atoms with Gasteiger partial charge in [0.25, 0.3) is 0 Å². The quantitative estimate of drug-likeness (QED) is 0.509. The molecule has 0 saturated carbocycles.